The summed E-state index contributed by atoms with van der Waals surface area (Å²) >= 11 is 7.27. The molecule has 1 aliphatic heterocycles. The van der Waals surface area contributed by atoms with Gasteiger partial charge in [-0.05, 0) is 28.1 Å². The Bertz CT molecular complexity index is 242. The highest BCUT2D eigenvalue weighted by Gasteiger charge is 2.17. The number of nitrogens with one attached hydrogen (secondary N) is 1. The molecule has 1 N–H and O–H groups in total. The summed E-state index contributed by atoms with van der Waals surface area (Å²) in [4.78, 5) is 1.43. The van der Waals surface area contributed by atoms with Crippen LogP contribution >= 0.6 is 39.0 Å². The van der Waals surface area contributed by atoms with Gasteiger partial charge in [0.1, 0.15) is 0 Å². The first-order chi connectivity index (χ1) is 5.36. The van der Waals surface area contributed by atoms with Crippen LogP contribution in [0.15, 0.2) is 15.9 Å². The quantitative estimate of drug-likeness (QED) is 0.822. The third-order valence-corrected chi connectivity index (χ3v) is 4.60. The minimum atomic E-state index is 0.547. The average molecular weight is 250 g/mol. The highest BCUT2D eigenvalue weighted by Crippen LogP contribution is 2.35. The molecule has 1 atom stereocenters. The zero-order valence-corrected chi connectivity index (χ0v) is 9.06. The van der Waals surface area contributed by atoms with Gasteiger partial charge < -0.3 is 5.32 Å². The van der Waals surface area contributed by atoms with Gasteiger partial charge in [0.15, 0.2) is 0 Å². The Hall–Kier alpha value is 0.490. The van der Waals surface area contributed by atoms with Crippen molar-refractivity contribution in [3.63, 3.8) is 0 Å². The van der Waals surface area contributed by atoms with Crippen LogP contribution in [0.25, 0.3) is 0 Å². The van der Waals surface area contributed by atoms with E-state index in [1.165, 1.54) is 14.4 Å². The summed E-state index contributed by atoms with van der Waals surface area (Å²) in [7, 11) is 0. The largest absolute Gasteiger partial charge is 0.300 e. The lowest BCUT2D eigenvalue weighted by molar-refractivity contribution is 0.761. The van der Waals surface area contributed by atoms with Crippen LogP contribution in [0, 0.1) is 0 Å². The zero-order valence-electron chi connectivity index (χ0n) is 5.84. The fourth-order valence-electron chi connectivity index (χ4n) is 1.08. The Kier molecular flexibility index (Phi) is 2.56. The van der Waals surface area contributed by atoms with Gasteiger partial charge in [0.05, 0.1) is 9.16 Å². The maximum Gasteiger partial charge on any atom is 0.0883 e. The summed E-state index contributed by atoms with van der Waals surface area (Å²) in [6.07, 6.45) is 0. The second kappa shape index (κ2) is 3.47. The van der Waals surface area contributed by atoms with Crippen molar-refractivity contribution >= 4 is 39.0 Å². The van der Waals surface area contributed by atoms with Crippen molar-refractivity contribution in [3.8, 4) is 0 Å². The molecule has 0 aliphatic carbocycles. The zero-order chi connectivity index (χ0) is 7.68. The van der Waals surface area contributed by atoms with Crippen LogP contribution in [0.4, 0.5) is 0 Å². The van der Waals surface area contributed by atoms with Gasteiger partial charge in [-0.25, -0.2) is 0 Å². The molecule has 0 aromatic carbocycles. The van der Waals surface area contributed by atoms with Gasteiger partial charge in [0, 0.05) is 17.2 Å². The molecule has 2 heterocycles. The number of rotatable bonds is 1. The van der Waals surface area contributed by atoms with Crippen LogP contribution in [-0.4, -0.2) is 12.3 Å². The number of thioether (sulfide) groups is 1. The molecule has 1 saturated heterocycles. The summed E-state index contributed by atoms with van der Waals surface area (Å²) in [5.41, 5.74) is 0. The van der Waals surface area contributed by atoms with E-state index in [0.29, 0.717) is 5.37 Å². The molecule has 1 nitrogen and oxygen atoms in total. The van der Waals surface area contributed by atoms with E-state index in [0.717, 1.165) is 6.54 Å². The molecule has 11 heavy (non-hydrogen) atoms. The van der Waals surface area contributed by atoms with E-state index in [1.54, 1.807) is 0 Å². The first-order valence-corrected chi connectivity index (χ1v) is 6.12. The predicted octanol–water partition coefficient (Wildman–Crippen LogP) is 2.85. The molecule has 0 radical (unpaired) electrons. The molecule has 4 heteroatoms. The van der Waals surface area contributed by atoms with Gasteiger partial charge in [-0.1, -0.05) is 0 Å². The van der Waals surface area contributed by atoms with Gasteiger partial charge in [0.25, 0.3) is 0 Å². The Labute approximate surface area is 82.7 Å². The second-order valence-electron chi connectivity index (χ2n) is 2.35. The highest BCUT2D eigenvalue weighted by molar-refractivity contribution is 9.11. The normalized spacial score (nSPS) is 24.3. The molecular weight excluding hydrogens is 242 g/mol. The van der Waals surface area contributed by atoms with Crippen LogP contribution in [0.2, 0.25) is 0 Å². The Morgan fingerprint density at radius 1 is 1.55 bits per heavy atom. The lowest BCUT2D eigenvalue weighted by Gasteiger charge is -2.04. The van der Waals surface area contributed by atoms with Crippen LogP contribution in [0.3, 0.4) is 0 Å². The van der Waals surface area contributed by atoms with Gasteiger partial charge in [-0.2, -0.15) is 0 Å². The van der Waals surface area contributed by atoms with Gasteiger partial charge in [0.2, 0.25) is 0 Å². The maximum absolute atomic E-state index is 3.46. The molecular formula is C7H8BrNS2. The van der Waals surface area contributed by atoms with E-state index >= 15 is 0 Å². The minimum absolute atomic E-state index is 0.547. The number of thiophene rings is 1. The van der Waals surface area contributed by atoms with E-state index in [4.69, 9.17) is 0 Å². The molecule has 0 spiro atoms. The Morgan fingerprint density at radius 3 is 3.00 bits per heavy atom. The van der Waals surface area contributed by atoms with E-state index in [9.17, 15) is 0 Å². The van der Waals surface area contributed by atoms with Crippen molar-refractivity contribution in [2.75, 3.05) is 12.3 Å². The van der Waals surface area contributed by atoms with E-state index in [-0.39, 0.29) is 0 Å². The van der Waals surface area contributed by atoms with Gasteiger partial charge in [-0.3, -0.25) is 0 Å². The number of hydrogen-bond acceptors (Lipinski definition) is 3. The SMILES string of the molecule is Brc1ccc(C2NCCS2)s1. The summed E-state index contributed by atoms with van der Waals surface area (Å²) in [6, 6.07) is 4.30. The monoisotopic (exact) mass is 249 g/mol. The Balaban J connectivity index is 2.15. The third kappa shape index (κ3) is 1.80. The van der Waals surface area contributed by atoms with E-state index < -0.39 is 0 Å². The van der Waals surface area contributed by atoms with Crippen molar-refractivity contribution < 1.29 is 0 Å². The van der Waals surface area contributed by atoms with Crippen LogP contribution in [0.5, 0.6) is 0 Å². The molecule has 2 rings (SSSR count). The molecule has 1 unspecified atom stereocenters. The topological polar surface area (TPSA) is 12.0 Å². The van der Waals surface area contributed by atoms with E-state index in [1.807, 2.05) is 23.1 Å². The fraction of sp³-hybridized carbons (Fsp3) is 0.429. The molecule has 0 saturated carbocycles. The lowest BCUT2D eigenvalue weighted by Crippen LogP contribution is -2.10. The molecule has 0 amide bonds. The summed E-state index contributed by atoms with van der Waals surface area (Å²) in [5.74, 6) is 1.24. The van der Waals surface area contributed by atoms with Crippen LogP contribution in [0.1, 0.15) is 10.3 Å². The van der Waals surface area contributed by atoms with Gasteiger partial charge in [-0.15, -0.1) is 23.1 Å². The maximum atomic E-state index is 3.46. The average Bonchev–Trinajstić information content (AvgIpc) is 2.55. The summed E-state index contributed by atoms with van der Waals surface area (Å²) in [5, 5.41) is 3.99. The first kappa shape index (κ1) is 8.10. The smallest absolute Gasteiger partial charge is 0.0883 e. The fourth-order valence-corrected chi connectivity index (χ4v) is 3.76. The van der Waals surface area contributed by atoms with Crippen molar-refractivity contribution in [1.29, 1.82) is 0 Å². The van der Waals surface area contributed by atoms with Crippen molar-refractivity contribution in [2.24, 2.45) is 0 Å². The van der Waals surface area contributed by atoms with E-state index in [2.05, 4.69) is 33.4 Å². The summed E-state index contributed by atoms with van der Waals surface area (Å²) in [6.45, 7) is 1.14. The van der Waals surface area contributed by atoms with Gasteiger partial charge >= 0.3 is 0 Å². The van der Waals surface area contributed by atoms with Crippen LogP contribution < -0.4 is 5.32 Å². The molecule has 0 bridgehead atoms. The third-order valence-electron chi connectivity index (χ3n) is 1.57. The summed E-state index contributed by atoms with van der Waals surface area (Å²) < 4.78 is 1.22. The van der Waals surface area contributed by atoms with Crippen molar-refractivity contribution in [1.82, 2.24) is 5.32 Å². The van der Waals surface area contributed by atoms with Crippen molar-refractivity contribution in [3.05, 3.63) is 20.8 Å². The molecule has 1 aliphatic rings. The lowest BCUT2D eigenvalue weighted by atomic mass is 10.4. The molecule has 1 aromatic heterocycles. The highest BCUT2D eigenvalue weighted by atomic mass is 79.9. The second-order valence-corrected chi connectivity index (χ2v) is 6.05. The Morgan fingerprint density at radius 2 is 2.45 bits per heavy atom. The van der Waals surface area contributed by atoms with Crippen molar-refractivity contribution in [2.45, 2.75) is 5.37 Å². The molecule has 1 fully saturated rings. The molecule has 60 valence electrons. The number of halogens is 1. The standard InChI is InChI=1S/C7H8BrNS2/c8-6-2-1-5(11-6)7-9-3-4-10-7/h1-2,7,9H,3-4H2. The predicted molar refractivity (Wildman–Crippen MR) is 55.2 cm³/mol. The minimum Gasteiger partial charge on any atom is -0.300 e. The number of hydrogen-bond donors (Lipinski definition) is 1. The molecule has 1 aromatic rings. The van der Waals surface area contributed by atoms with Crippen LogP contribution in [-0.2, 0) is 0 Å². The first-order valence-electron chi connectivity index (χ1n) is 3.46.